The minimum absolute atomic E-state index is 0.00132. The summed E-state index contributed by atoms with van der Waals surface area (Å²) in [6.45, 7) is 6.01. The molecule has 152 valence electrons. The van der Waals surface area contributed by atoms with Crippen molar-refractivity contribution in [2.75, 3.05) is 26.3 Å². The maximum atomic E-state index is 13.2. The molecular weight excluding hydrogens is 400 g/mol. The van der Waals surface area contributed by atoms with E-state index in [-0.39, 0.29) is 6.04 Å². The highest BCUT2D eigenvalue weighted by Gasteiger charge is 2.36. The second-order valence-corrected chi connectivity index (χ2v) is 9.91. The zero-order chi connectivity index (χ0) is 19.9. The van der Waals surface area contributed by atoms with Crippen molar-refractivity contribution in [1.29, 1.82) is 0 Å². The summed E-state index contributed by atoms with van der Waals surface area (Å²) < 4.78 is 35.3. The first-order valence-corrected chi connectivity index (χ1v) is 11.4. The van der Waals surface area contributed by atoms with Crippen LogP contribution in [0.3, 0.4) is 0 Å². The number of aromatic nitrogens is 3. The largest absolute Gasteiger partial charge is 0.381 e. The molecule has 3 heterocycles. The smallest absolute Gasteiger partial charge is 0.243 e. The third kappa shape index (κ3) is 3.70. The van der Waals surface area contributed by atoms with Gasteiger partial charge in [0, 0.05) is 37.2 Å². The molecule has 1 unspecified atom stereocenters. The Labute approximate surface area is 170 Å². The normalized spacial score (nSPS) is 22.0. The maximum absolute atomic E-state index is 13.2. The van der Waals surface area contributed by atoms with E-state index in [9.17, 15) is 8.42 Å². The van der Waals surface area contributed by atoms with Gasteiger partial charge in [-0.15, -0.1) is 0 Å². The lowest BCUT2D eigenvalue weighted by atomic mass is 9.99. The Hall–Kier alpha value is -1.48. The van der Waals surface area contributed by atoms with Gasteiger partial charge in [-0.3, -0.25) is 0 Å². The first kappa shape index (κ1) is 19.8. The lowest BCUT2D eigenvalue weighted by Crippen LogP contribution is -2.30. The average molecular weight is 425 g/mol. The van der Waals surface area contributed by atoms with Gasteiger partial charge in [-0.25, -0.2) is 18.1 Å². The predicted octanol–water partition coefficient (Wildman–Crippen LogP) is 3.08. The van der Waals surface area contributed by atoms with Gasteiger partial charge in [0.25, 0.3) is 0 Å². The molecule has 7 nitrogen and oxygen atoms in total. The quantitative estimate of drug-likeness (QED) is 0.753. The van der Waals surface area contributed by atoms with E-state index in [2.05, 4.69) is 10.1 Å². The van der Waals surface area contributed by atoms with Crippen molar-refractivity contribution < 1.29 is 13.2 Å². The predicted molar refractivity (Wildman–Crippen MR) is 106 cm³/mol. The van der Waals surface area contributed by atoms with Gasteiger partial charge in [0.15, 0.2) is 0 Å². The van der Waals surface area contributed by atoms with Crippen LogP contribution in [0.25, 0.3) is 0 Å². The first-order valence-electron chi connectivity index (χ1n) is 9.63. The Morgan fingerprint density at radius 1 is 1.18 bits per heavy atom. The third-order valence-corrected chi connectivity index (χ3v) is 7.84. The van der Waals surface area contributed by atoms with Crippen LogP contribution in [-0.2, 0) is 14.8 Å². The lowest BCUT2D eigenvalue weighted by Gasteiger charge is -2.24. The van der Waals surface area contributed by atoms with E-state index in [4.69, 9.17) is 16.3 Å². The van der Waals surface area contributed by atoms with Crippen LogP contribution in [0.5, 0.6) is 0 Å². The molecule has 1 aromatic heterocycles. The van der Waals surface area contributed by atoms with Gasteiger partial charge in [-0.1, -0.05) is 11.6 Å². The second kappa shape index (κ2) is 7.74. The Balaban J connectivity index is 1.58. The molecule has 9 heteroatoms. The monoisotopic (exact) mass is 424 g/mol. The highest BCUT2D eigenvalue weighted by atomic mass is 35.5. The van der Waals surface area contributed by atoms with Crippen LogP contribution in [0.1, 0.15) is 48.4 Å². The van der Waals surface area contributed by atoms with Gasteiger partial charge in [0.05, 0.1) is 10.9 Å². The van der Waals surface area contributed by atoms with Crippen molar-refractivity contribution >= 4 is 21.6 Å². The molecule has 0 bridgehead atoms. The van der Waals surface area contributed by atoms with E-state index in [1.165, 1.54) is 0 Å². The minimum atomic E-state index is -3.56. The molecule has 0 amide bonds. The number of hydrogen-bond acceptors (Lipinski definition) is 5. The summed E-state index contributed by atoms with van der Waals surface area (Å²) in [7, 11) is -3.56. The molecule has 2 fully saturated rings. The van der Waals surface area contributed by atoms with Crippen molar-refractivity contribution in [3.05, 3.63) is 40.4 Å². The lowest BCUT2D eigenvalue weighted by molar-refractivity contribution is 0.0821. The number of nitrogens with zero attached hydrogens (tertiary/aromatic N) is 4. The Morgan fingerprint density at radius 2 is 1.93 bits per heavy atom. The van der Waals surface area contributed by atoms with E-state index in [1.807, 2.05) is 11.6 Å². The Bertz CT molecular complexity index is 970. The number of hydrogen-bond donors (Lipinski definition) is 0. The van der Waals surface area contributed by atoms with Crippen LogP contribution < -0.4 is 0 Å². The molecule has 1 aromatic carbocycles. The zero-order valence-electron chi connectivity index (χ0n) is 16.1. The van der Waals surface area contributed by atoms with Crippen molar-refractivity contribution in [2.45, 2.75) is 50.0 Å². The summed E-state index contributed by atoms with van der Waals surface area (Å²) in [5.41, 5.74) is 0.662. The van der Waals surface area contributed by atoms with Gasteiger partial charge < -0.3 is 4.74 Å². The van der Waals surface area contributed by atoms with Crippen LogP contribution in [0.2, 0.25) is 5.02 Å². The van der Waals surface area contributed by atoms with Crippen molar-refractivity contribution in [2.24, 2.45) is 0 Å². The number of sulfonamides is 1. The Morgan fingerprint density at radius 3 is 2.64 bits per heavy atom. The SMILES string of the molecule is Cc1nc(C2CCOCC2)n(C2CCN(S(=O)(=O)c3ccc(Cl)cc3C)C2)n1. The third-order valence-electron chi connectivity index (χ3n) is 5.58. The summed E-state index contributed by atoms with van der Waals surface area (Å²) in [4.78, 5) is 4.98. The number of rotatable bonds is 4. The molecule has 2 aromatic rings. The molecule has 1 atom stereocenters. The summed E-state index contributed by atoms with van der Waals surface area (Å²) >= 11 is 5.99. The fourth-order valence-electron chi connectivity index (χ4n) is 4.12. The number of halogens is 1. The minimum Gasteiger partial charge on any atom is -0.381 e. The summed E-state index contributed by atoms with van der Waals surface area (Å²) in [5, 5.41) is 5.15. The van der Waals surface area contributed by atoms with E-state index < -0.39 is 10.0 Å². The van der Waals surface area contributed by atoms with Crippen molar-refractivity contribution in [1.82, 2.24) is 19.1 Å². The first-order chi connectivity index (χ1) is 13.4. The molecule has 4 rings (SSSR count). The molecular formula is C19H25ClN4O3S. The van der Waals surface area contributed by atoms with Gasteiger partial charge in [0.2, 0.25) is 10.0 Å². The average Bonchev–Trinajstić information content (AvgIpc) is 3.29. The van der Waals surface area contributed by atoms with Gasteiger partial charge in [-0.2, -0.15) is 9.40 Å². The molecule has 28 heavy (non-hydrogen) atoms. The van der Waals surface area contributed by atoms with E-state index in [0.29, 0.717) is 34.5 Å². The standard InChI is InChI=1S/C19H25ClN4O3S/c1-13-11-16(20)3-4-18(13)28(25,26)23-8-5-17(12-23)24-19(21-14(2)22-24)15-6-9-27-10-7-15/h3-4,11,15,17H,5-10,12H2,1-2H3. The van der Waals surface area contributed by atoms with Crippen LogP contribution in [0.15, 0.2) is 23.1 Å². The molecule has 0 aliphatic carbocycles. The van der Waals surface area contributed by atoms with E-state index in [0.717, 1.165) is 44.1 Å². The fourth-order valence-corrected chi connectivity index (χ4v) is 6.04. The van der Waals surface area contributed by atoms with Crippen molar-refractivity contribution in [3.8, 4) is 0 Å². The van der Waals surface area contributed by atoms with Crippen LogP contribution in [-0.4, -0.2) is 53.8 Å². The summed E-state index contributed by atoms with van der Waals surface area (Å²) in [5.74, 6) is 2.02. The molecule has 2 saturated heterocycles. The van der Waals surface area contributed by atoms with Crippen LogP contribution in [0, 0.1) is 13.8 Å². The molecule has 0 radical (unpaired) electrons. The van der Waals surface area contributed by atoms with Crippen molar-refractivity contribution in [3.63, 3.8) is 0 Å². The maximum Gasteiger partial charge on any atom is 0.243 e. The highest BCUT2D eigenvalue weighted by Crippen LogP contribution is 2.33. The van der Waals surface area contributed by atoms with Gasteiger partial charge >= 0.3 is 0 Å². The molecule has 0 saturated carbocycles. The molecule has 0 N–H and O–H groups in total. The number of aryl methyl sites for hydroxylation is 2. The molecule has 2 aliphatic rings. The molecule has 0 spiro atoms. The van der Waals surface area contributed by atoms with Gasteiger partial charge in [0.1, 0.15) is 11.6 Å². The second-order valence-electron chi connectivity index (χ2n) is 7.56. The highest BCUT2D eigenvalue weighted by molar-refractivity contribution is 7.89. The van der Waals surface area contributed by atoms with E-state index in [1.54, 1.807) is 29.4 Å². The Kier molecular flexibility index (Phi) is 5.48. The zero-order valence-corrected chi connectivity index (χ0v) is 17.7. The number of benzene rings is 1. The topological polar surface area (TPSA) is 77.3 Å². The summed E-state index contributed by atoms with van der Waals surface area (Å²) in [6.07, 6.45) is 2.58. The fraction of sp³-hybridized carbons (Fsp3) is 0.579. The number of ether oxygens (including phenoxy) is 1. The van der Waals surface area contributed by atoms with Crippen LogP contribution in [0.4, 0.5) is 0 Å². The van der Waals surface area contributed by atoms with Crippen LogP contribution >= 0.6 is 11.6 Å². The summed E-state index contributed by atoms with van der Waals surface area (Å²) in [6, 6.07) is 4.90. The molecule has 2 aliphatic heterocycles. The van der Waals surface area contributed by atoms with Gasteiger partial charge in [-0.05, 0) is 56.9 Å². The van der Waals surface area contributed by atoms with E-state index >= 15 is 0 Å².